The van der Waals surface area contributed by atoms with Crippen LogP contribution in [0.4, 0.5) is 0 Å². The predicted molar refractivity (Wildman–Crippen MR) is 60.5 cm³/mol. The molecular weight excluding hydrogens is 172 g/mol. The van der Waals surface area contributed by atoms with Crippen LogP contribution in [0.5, 0.6) is 0 Å². The zero-order valence-electron chi connectivity index (χ0n) is 9.71. The van der Waals surface area contributed by atoms with E-state index in [-0.39, 0.29) is 0 Å². The third kappa shape index (κ3) is 1.96. The molecule has 2 rings (SSSR count). The van der Waals surface area contributed by atoms with E-state index in [9.17, 15) is 0 Å². The summed E-state index contributed by atoms with van der Waals surface area (Å²) in [6.07, 6.45) is 5.71. The molecule has 2 fully saturated rings. The average Bonchev–Trinajstić information content (AvgIpc) is 2.15. The largest absolute Gasteiger partial charge is 0.298 e. The summed E-state index contributed by atoms with van der Waals surface area (Å²) in [4.78, 5) is 5.39. The maximum atomic E-state index is 2.74. The summed E-state index contributed by atoms with van der Waals surface area (Å²) in [6.45, 7) is 9.80. The molecule has 0 bridgehead atoms. The van der Waals surface area contributed by atoms with Gasteiger partial charge < -0.3 is 0 Å². The lowest BCUT2D eigenvalue weighted by atomic mass is 9.90. The topological polar surface area (TPSA) is 6.48 Å². The molecule has 0 aromatic carbocycles. The van der Waals surface area contributed by atoms with Gasteiger partial charge in [0.05, 0.1) is 0 Å². The van der Waals surface area contributed by atoms with Crippen molar-refractivity contribution >= 4 is 0 Å². The summed E-state index contributed by atoms with van der Waals surface area (Å²) in [5.74, 6) is 0. The highest BCUT2D eigenvalue weighted by atomic mass is 15.3. The molecule has 2 heteroatoms. The van der Waals surface area contributed by atoms with Gasteiger partial charge in [0.1, 0.15) is 0 Å². The molecule has 0 spiro atoms. The monoisotopic (exact) mass is 196 g/mol. The molecule has 1 aliphatic carbocycles. The van der Waals surface area contributed by atoms with Crippen molar-refractivity contribution in [3.05, 3.63) is 0 Å². The second kappa shape index (κ2) is 4.63. The molecule has 0 N–H and O–H groups in total. The van der Waals surface area contributed by atoms with Gasteiger partial charge in [-0.25, -0.2) is 0 Å². The second-order valence-corrected chi connectivity index (χ2v) is 4.77. The van der Waals surface area contributed by atoms with Crippen molar-refractivity contribution in [1.82, 2.24) is 9.80 Å². The van der Waals surface area contributed by atoms with Gasteiger partial charge in [-0.05, 0) is 25.8 Å². The molecule has 1 saturated heterocycles. The van der Waals surface area contributed by atoms with E-state index in [1.165, 1.54) is 51.9 Å². The molecule has 1 aliphatic heterocycles. The third-order valence-corrected chi connectivity index (χ3v) is 4.10. The van der Waals surface area contributed by atoms with E-state index in [2.05, 4.69) is 23.6 Å². The quantitative estimate of drug-likeness (QED) is 0.681. The molecule has 2 nitrogen and oxygen atoms in total. The number of nitrogens with zero attached hydrogens (tertiary/aromatic N) is 2. The minimum Gasteiger partial charge on any atom is -0.298 e. The molecule has 1 unspecified atom stereocenters. The number of hydrogen-bond acceptors (Lipinski definition) is 2. The minimum atomic E-state index is 0.828. The number of piperazine rings is 1. The average molecular weight is 196 g/mol. The lowest BCUT2D eigenvalue weighted by Crippen LogP contribution is -2.56. The van der Waals surface area contributed by atoms with Crippen LogP contribution < -0.4 is 0 Å². The fourth-order valence-electron chi connectivity index (χ4n) is 2.80. The molecule has 82 valence electrons. The molecule has 0 radical (unpaired) electrons. The van der Waals surface area contributed by atoms with Crippen molar-refractivity contribution < 1.29 is 0 Å². The summed E-state index contributed by atoms with van der Waals surface area (Å²) in [5.41, 5.74) is 0. The van der Waals surface area contributed by atoms with Crippen LogP contribution >= 0.6 is 0 Å². The van der Waals surface area contributed by atoms with E-state index >= 15 is 0 Å². The Bertz CT molecular complexity index is 177. The molecule has 0 aromatic heterocycles. The van der Waals surface area contributed by atoms with Gasteiger partial charge in [0.25, 0.3) is 0 Å². The van der Waals surface area contributed by atoms with Crippen LogP contribution in [-0.4, -0.2) is 48.1 Å². The van der Waals surface area contributed by atoms with Crippen molar-refractivity contribution in [2.45, 2.75) is 51.6 Å². The minimum absolute atomic E-state index is 0.828. The summed E-state index contributed by atoms with van der Waals surface area (Å²) >= 11 is 0. The van der Waals surface area contributed by atoms with Gasteiger partial charge >= 0.3 is 0 Å². The van der Waals surface area contributed by atoms with E-state index in [0.717, 1.165) is 12.1 Å². The number of rotatable bonds is 3. The fraction of sp³-hybridized carbons (Fsp3) is 1.00. The molecule has 1 saturated carbocycles. The Morgan fingerprint density at radius 2 is 1.93 bits per heavy atom. The molecule has 1 heterocycles. The van der Waals surface area contributed by atoms with Crippen LogP contribution in [0.1, 0.15) is 39.5 Å². The van der Waals surface area contributed by atoms with Crippen molar-refractivity contribution in [2.24, 2.45) is 0 Å². The standard InChI is InChI=1S/C12H24N2/c1-3-11-10-14(12-6-5-7-12)9-8-13(11)4-2/h11-12H,3-10H2,1-2H3. The van der Waals surface area contributed by atoms with Crippen molar-refractivity contribution in [3.63, 3.8) is 0 Å². The van der Waals surface area contributed by atoms with Gasteiger partial charge in [-0.1, -0.05) is 20.3 Å². The Kier molecular flexibility index (Phi) is 3.45. The van der Waals surface area contributed by atoms with Gasteiger partial charge in [-0.3, -0.25) is 9.80 Å². The lowest BCUT2D eigenvalue weighted by Gasteiger charge is -2.46. The van der Waals surface area contributed by atoms with Crippen LogP contribution in [0.25, 0.3) is 0 Å². The first-order valence-electron chi connectivity index (χ1n) is 6.33. The Labute approximate surface area is 88.3 Å². The smallest absolute Gasteiger partial charge is 0.0221 e. The first-order valence-corrected chi connectivity index (χ1v) is 6.33. The van der Waals surface area contributed by atoms with E-state index in [1.807, 2.05) is 0 Å². The lowest BCUT2D eigenvalue weighted by molar-refractivity contribution is 0.0249. The fourth-order valence-corrected chi connectivity index (χ4v) is 2.80. The molecule has 0 amide bonds. The Balaban J connectivity index is 1.86. The predicted octanol–water partition coefficient (Wildman–Crippen LogP) is 1.96. The molecule has 2 aliphatic rings. The summed E-state index contributed by atoms with van der Waals surface area (Å²) in [6, 6.07) is 1.78. The van der Waals surface area contributed by atoms with Crippen LogP contribution in [0.3, 0.4) is 0 Å². The van der Waals surface area contributed by atoms with E-state index in [4.69, 9.17) is 0 Å². The zero-order valence-corrected chi connectivity index (χ0v) is 9.71. The molecule has 14 heavy (non-hydrogen) atoms. The summed E-state index contributed by atoms with van der Waals surface area (Å²) in [5, 5.41) is 0. The van der Waals surface area contributed by atoms with Gasteiger partial charge in [0, 0.05) is 31.7 Å². The Morgan fingerprint density at radius 3 is 2.43 bits per heavy atom. The second-order valence-electron chi connectivity index (χ2n) is 4.77. The van der Waals surface area contributed by atoms with Gasteiger partial charge in [0.2, 0.25) is 0 Å². The van der Waals surface area contributed by atoms with Crippen molar-refractivity contribution in [2.75, 3.05) is 26.2 Å². The Hall–Kier alpha value is -0.0800. The van der Waals surface area contributed by atoms with Crippen LogP contribution in [0, 0.1) is 0 Å². The maximum absolute atomic E-state index is 2.74. The SMILES string of the molecule is CCC1CN(C2CCC2)CCN1CC. The Morgan fingerprint density at radius 1 is 1.14 bits per heavy atom. The highest BCUT2D eigenvalue weighted by molar-refractivity contribution is 4.87. The molecule has 0 aromatic rings. The third-order valence-electron chi connectivity index (χ3n) is 4.10. The van der Waals surface area contributed by atoms with E-state index < -0.39 is 0 Å². The highest BCUT2D eigenvalue weighted by Gasteiger charge is 2.31. The number of likely N-dealkylation sites (N-methyl/N-ethyl adjacent to an activating group) is 1. The maximum Gasteiger partial charge on any atom is 0.0221 e. The first-order chi connectivity index (χ1) is 6.85. The van der Waals surface area contributed by atoms with Gasteiger partial charge in [0.15, 0.2) is 0 Å². The van der Waals surface area contributed by atoms with Crippen molar-refractivity contribution in [1.29, 1.82) is 0 Å². The van der Waals surface area contributed by atoms with Crippen LogP contribution in [0.2, 0.25) is 0 Å². The highest BCUT2D eigenvalue weighted by Crippen LogP contribution is 2.27. The first kappa shape index (κ1) is 10.4. The number of hydrogen-bond donors (Lipinski definition) is 0. The van der Waals surface area contributed by atoms with Gasteiger partial charge in [-0.2, -0.15) is 0 Å². The molecular formula is C12H24N2. The zero-order chi connectivity index (χ0) is 9.97. The van der Waals surface area contributed by atoms with E-state index in [0.29, 0.717) is 0 Å². The van der Waals surface area contributed by atoms with E-state index in [1.54, 1.807) is 0 Å². The summed E-state index contributed by atoms with van der Waals surface area (Å²) in [7, 11) is 0. The van der Waals surface area contributed by atoms with Crippen LogP contribution in [0.15, 0.2) is 0 Å². The summed E-state index contributed by atoms with van der Waals surface area (Å²) < 4.78 is 0. The van der Waals surface area contributed by atoms with Crippen molar-refractivity contribution in [3.8, 4) is 0 Å². The normalized spacial score (nSPS) is 31.7. The van der Waals surface area contributed by atoms with Crippen LogP contribution in [-0.2, 0) is 0 Å². The van der Waals surface area contributed by atoms with Gasteiger partial charge in [-0.15, -0.1) is 0 Å². The molecule has 1 atom stereocenters.